The van der Waals surface area contributed by atoms with Gasteiger partial charge in [-0.2, -0.15) is 0 Å². The van der Waals surface area contributed by atoms with Crippen LogP contribution in [-0.4, -0.2) is 11.2 Å². The third kappa shape index (κ3) is 4.15. The standard InChI is InChI=1S/C18H14F2N2O4/c19-15-3-1-2-12(17(15)20)9-24-13-6-4-11(5-7-13)16-8-14(26-22-16)10-25-18(21)23/h1-8H,9-10H2,(H2,21,23). The molecular formula is C18H14F2N2O4. The van der Waals surface area contributed by atoms with Gasteiger partial charge in [0, 0.05) is 17.2 Å². The van der Waals surface area contributed by atoms with Crippen molar-refractivity contribution < 1.29 is 27.6 Å². The Balaban J connectivity index is 1.63. The molecule has 26 heavy (non-hydrogen) atoms. The van der Waals surface area contributed by atoms with E-state index in [9.17, 15) is 13.6 Å². The van der Waals surface area contributed by atoms with E-state index in [0.717, 1.165) is 11.6 Å². The van der Waals surface area contributed by atoms with Crippen LogP contribution in [0, 0.1) is 11.6 Å². The van der Waals surface area contributed by atoms with Crippen molar-refractivity contribution >= 4 is 6.09 Å². The van der Waals surface area contributed by atoms with E-state index in [-0.39, 0.29) is 18.8 Å². The predicted octanol–water partition coefficient (Wildman–Crippen LogP) is 3.79. The van der Waals surface area contributed by atoms with Crippen LogP contribution in [0.4, 0.5) is 13.6 Å². The summed E-state index contributed by atoms with van der Waals surface area (Å²) in [7, 11) is 0. The zero-order valence-corrected chi connectivity index (χ0v) is 13.4. The average Bonchev–Trinajstić information content (AvgIpc) is 3.11. The van der Waals surface area contributed by atoms with Crippen LogP contribution in [-0.2, 0) is 18.0 Å². The van der Waals surface area contributed by atoms with Gasteiger partial charge in [-0.15, -0.1) is 0 Å². The molecule has 0 saturated heterocycles. The summed E-state index contributed by atoms with van der Waals surface area (Å²) in [6.45, 7) is -0.204. The SMILES string of the molecule is NC(=O)OCc1cc(-c2ccc(OCc3cccc(F)c3F)cc2)no1. The number of nitrogens with zero attached hydrogens (tertiary/aromatic N) is 1. The van der Waals surface area contributed by atoms with E-state index in [1.165, 1.54) is 12.1 Å². The molecule has 134 valence electrons. The molecule has 0 bridgehead atoms. The fourth-order valence-electron chi connectivity index (χ4n) is 2.20. The highest BCUT2D eigenvalue weighted by atomic mass is 19.2. The van der Waals surface area contributed by atoms with E-state index in [4.69, 9.17) is 15.0 Å². The molecule has 0 aliphatic carbocycles. The number of ether oxygens (including phenoxy) is 2. The van der Waals surface area contributed by atoms with Crippen LogP contribution >= 0.6 is 0 Å². The summed E-state index contributed by atoms with van der Waals surface area (Å²) in [5.41, 5.74) is 6.29. The summed E-state index contributed by atoms with van der Waals surface area (Å²) in [6.07, 6.45) is -0.904. The Morgan fingerprint density at radius 1 is 1.12 bits per heavy atom. The summed E-state index contributed by atoms with van der Waals surface area (Å²) in [5, 5.41) is 3.87. The van der Waals surface area contributed by atoms with E-state index in [1.54, 1.807) is 30.3 Å². The highest BCUT2D eigenvalue weighted by Crippen LogP contribution is 2.23. The number of amides is 1. The first kappa shape index (κ1) is 17.4. The van der Waals surface area contributed by atoms with E-state index >= 15 is 0 Å². The second-order valence-corrected chi connectivity index (χ2v) is 5.31. The molecule has 2 N–H and O–H groups in total. The molecule has 1 heterocycles. The van der Waals surface area contributed by atoms with Crippen molar-refractivity contribution in [2.24, 2.45) is 5.73 Å². The lowest BCUT2D eigenvalue weighted by molar-refractivity contribution is 0.137. The minimum atomic E-state index is -0.919. The van der Waals surface area contributed by atoms with Gasteiger partial charge in [-0.25, -0.2) is 13.6 Å². The summed E-state index contributed by atoms with van der Waals surface area (Å²) < 4.78 is 41.9. The van der Waals surface area contributed by atoms with Crippen molar-refractivity contribution in [1.82, 2.24) is 5.16 Å². The van der Waals surface area contributed by atoms with Crippen LogP contribution < -0.4 is 10.5 Å². The smallest absolute Gasteiger partial charge is 0.404 e. The van der Waals surface area contributed by atoms with Gasteiger partial charge >= 0.3 is 6.09 Å². The molecule has 0 spiro atoms. The average molecular weight is 360 g/mol. The number of carbonyl (C=O) groups is 1. The van der Waals surface area contributed by atoms with Gasteiger partial charge in [0.15, 0.2) is 24.0 Å². The monoisotopic (exact) mass is 360 g/mol. The number of primary amides is 1. The van der Waals surface area contributed by atoms with E-state index < -0.39 is 17.7 Å². The van der Waals surface area contributed by atoms with Crippen LogP contribution in [0.5, 0.6) is 5.75 Å². The summed E-state index contributed by atoms with van der Waals surface area (Å²) in [4.78, 5) is 10.6. The first-order valence-electron chi connectivity index (χ1n) is 7.57. The summed E-state index contributed by atoms with van der Waals surface area (Å²) in [6, 6.07) is 12.3. The van der Waals surface area contributed by atoms with Crippen molar-refractivity contribution in [1.29, 1.82) is 0 Å². The Labute approximate surface area is 147 Å². The van der Waals surface area contributed by atoms with Crippen LogP contribution in [0.15, 0.2) is 53.1 Å². The maximum atomic E-state index is 13.6. The van der Waals surface area contributed by atoms with Gasteiger partial charge in [-0.05, 0) is 30.3 Å². The Kier molecular flexibility index (Phi) is 5.12. The van der Waals surface area contributed by atoms with Crippen LogP contribution in [0.25, 0.3) is 11.3 Å². The maximum Gasteiger partial charge on any atom is 0.404 e. The molecule has 0 saturated carbocycles. The zero-order valence-electron chi connectivity index (χ0n) is 13.4. The highest BCUT2D eigenvalue weighted by molar-refractivity contribution is 5.64. The molecule has 0 radical (unpaired) electrons. The predicted molar refractivity (Wildman–Crippen MR) is 87.0 cm³/mol. The largest absolute Gasteiger partial charge is 0.489 e. The van der Waals surface area contributed by atoms with Gasteiger partial charge < -0.3 is 19.7 Å². The molecule has 0 atom stereocenters. The second-order valence-electron chi connectivity index (χ2n) is 5.31. The normalized spacial score (nSPS) is 10.5. The Morgan fingerprint density at radius 2 is 1.88 bits per heavy atom. The summed E-state index contributed by atoms with van der Waals surface area (Å²) >= 11 is 0. The lowest BCUT2D eigenvalue weighted by Crippen LogP contribution is -2.12. The lowest BCUT2D eigenvalue weighted by atomic mass is 10.1. The number of nitrogens with two attached hydrogens (primary N) is 1. The molecule has 3 rings (SSSR count). The van der Waals surface area contributed by atoms with Crippen LogP contribution in [0.1, 0.15) is 11.3 Å². The minimum Gasteiger partial charge on any atom is -0.489 e. The van der Waals surface area contributed by atoms with Crippen LogP contribution in [0.3, 0.4) is 0 Å². The molecule has 0 aliphatic rings. The van der Waals surface area contributed by atoms with Crippen molar-refractivity contribution in [3.8, 4) is 17.0 Å². The number of aromatic nitrogens is 1. The molecular weight excluding hydrogens is 346 g/mol. The number of halogens is 2. The number of benzene rings is 2. The molecule has 8 heteroatoms. The van der Waals surface area contributed by atoms with E-state index in [2.05, 4.69) is 9.89 Å². The summed E-state index contributed by atoms with van der Waals surface area (Å²) in [5.74, 6) is -1.00. The van der Waals surface area contributed by atoms with Crippen molar-refractivity contribution in [2.45, 2.75) is 13.2 Å². The highest BCUT2D eigenvalue weighted by Gasteiger charge is 2.10. The number of hydrogen-bond acceptors (Lipinski definition) is 5. The molecule has 6 nitrogen and oxygen atoms in total. The topological polar surface area (TPSA) is 87.6 Å². The Hall–Kier alpha value is -3.42. The fraction of sp³-hybridized carbons (Fsp3) is 0.111. The van der Waals surface area contributed by atoms with E-state index in [1.807, 2.05) is 0 Å². The number of rotatable bonds is 6. The Bertz CT molecular complexity index is 910. The van der Waals surface area contributed by atoms with Gasteiger partial charge in [0.2, 0.25) is 0 Å². The number of carbonyl (C=O) groups excluding carboxylic acids is 1. The molecule has 3 aromatic rings. The van der Waals surface area contributed by atoms with Gasteiger partial charge in [-0.3, -0.25) is 0 Å². The molecule has 1 amide bonds. The third-order valence-electron chi connectivity index (χ3n) is 3.49. The first-order chi connectivity index (χ1) is 12.5. The van der Waals surface area contributed by atoms with Gasteiger partial charge in [-0.1, -0.05) is 17.3 Å². The molecule has 1 aromatic heterocycles. The first-order valence-corrected chi connectivity index (χ1v) is 7.57. The second kappa shape index (κ2) is 7.64. The molecule has 2 aromatic carbocycles. The molecule has 0 unspecified atom stereocenters. The maximum absolute atomic E-state index is 13.6. The van der Waals surface area contributed by atoms with E-state index in [0.29, 0.717) is 17.2 Å². The van der Waals surface area contributed by atoms with Crippen LogP contribution in [0.2, 0.25) is 0 Å². The third-order valence-corrected chi connectivity index (χ3v) is 3.49. The fourth-order valence-corrected chi connectivity index (χ4v) is 2.20. The lowest BCUT2D eigenvalue weighted by Gasteiger charge is -2.08. The van der Waals surface area contributed by atoms with Gasteiger partial charge in [0.05, 0.1) is 0 Å². The minimum absolute atomic E-state index is 0.0957. The van der Waals surface area contributed by atoms with Gasteiger partial charge in [0.1, 0.15) is 18.1 Å². The quantitative estimate of drug-likeness (QED) is 0.722. The molecule has 0 fully saturated rings. The molecule has 0 aliphatic heterocycles. The Morgan fingerprint density at radius 3 is 2.62 bits per heavy atom. The van der Waals surface area contributed by atoms with Gasteiger partial charge in [0.25, 0.3) is 0 Å². The van der Waals surface area contributed by atoms with Crippen molar-refractivity contribution in [3.63, 3.8) is 0 Å². The zero-order chi connectivity index (χ0) is 18.5. The van der Waals surface area contributed by atoms with Crippen molar-refractivity contribution in [2.75, 3.05) is 0 Å². The number of hydrogen-bond donors (Lipinski definition) is 1. The van der Waals surface area contributed by atoms with Crippen molar-refractivity contribution in [3.05, 3.63) is 71.5 Å².